The van der Waals surface area contributed by atoms with Crippen LogP contribution in [0.3, 0.4) is 0 Å². The Balaban J connectivity index is 3.06. The van der Waals surface area contributed by atoms with Crippen LogP contribution in [0.15, 0.2) is 11.0 Å². The summed E-state index contributed by atoms with van der Waals surface area (Å²) in [6.07, 6.45) is 0. The predicted molar refractivity (Wildman–Crippen MR) is 62.1 cm³/mol. The Bertz CT molecular complexity index is 419. The summed E-state index contributed by atoms with van der Waals surface area (Å²) in [5.41, 5.74) is 0. The van der Waals surface area contributed by atoms with Crippen LogP contribution < -0.4 is 5.32 Å². The molecule has 1 rings (SSSR count). The molecular formula is C9H9NO4S2. The number of rotatable bonds is 3. The van der Waals surface area contributed by atoms with Crippen LogP contribution in [0.1, 0.15) is 23.5 Å². The van der Waals surface area contributed by atoms with Crippen molar-refractivity contribution < 1.29 is 19.5 Å². The lowest BCUT2D eigenvalue weighted by Crippen LogP contribution is -2.04. The van der Waals surface area contributed by atoms with E-state index in [1.165, 1.54) is 19.9 Å². The van der Waals surface area contributed by atoms with E-state index >= 15 is 0 Å². The number of aromatic carboxylic acids is 1. The van der Waals surface area contributed by atoms with E-state index in [2.05, 4.69) is 5.32 Å². The number of carbonyl (C=O) groups is 3. The van der Waals surface area contributed by atoms with E-state index in [0.29, 0.717) is 9.90 Å². The number of anilines is 1. The van der Waals surface area contributed by atoms with Gasteiger partial charge >= 0.3 is 5.97 Å². The van der Waals surface area contributed by atoms with Gasteiger partial charge in [-0.2, -0.15) is 0 Å². The maximum atomic E-state index is 10.9. The van der Waals surface area contributed by atoms with Gasteiger partial charge in [-0.25, -0.2) is 4.79 Å². The topological polar surface area (TPSA) is 83.5 Å². The lowest BCUT2D eigenvalue weighted by Gasteiger charge is -2.00. The summed E-state index contributed by atoms with van der Waals surface area (Å²) < 4.78 is 0. The molecule has 0 saturated heterocycles. The summed E-state index contributed by atoms with van der Waals surface area (Å²) in [5, 5.41) is 11.5. The lowest BCUT2D eigenvalue weighted by molar-refractivity contribution is -0.114. The number of carbonyl (C=O) groups excluding carboxylic acids is 2. The van der Waals surface area contributed by atoms with Crippen LogP contribution in [0.25, 0.3) is 0 Å². The van der Waals surface area contributed by atoms with Crippen molar-refractivity contribution in [1.29, 1.82) is 0 Å². The molecule has 0 aliphatic heterocycles. The maximum Gasteiger partial charge on any atom is 0.345 e. The SMILES string of the molecule is CC(=O)Nc1sc(C(=O)O)cc1SC(C)=O. The van der Waals surface area contributed by atoms with Crippen LogP contribution >= 0.6 is 23.1 Å². The highest BCUT2D eigenvalue weighted by Gasteiger charge is 2.16. The van der Waals surface area contributed by atoms with Gasteiger partial charge in [-0.1, -0.05) is 0 Å². The van der Waals surface area contributed by atoms with Gasteiger partial charge in [0.25, 0.3) is 0 Å². The Hall–Kier alpha value is -1.34. The van der Waals surface area contributed by atoms with Crippen LogP contribution in [-0.2, 0) is 9.59 Å². The van der Waals surface area contributed by atoms with Gasteiger partial charge in [-0.15, -0.1) is 11.3 Å². The summed E-state index contributed by atoms with van der Waals surface area (Å²) in [4.78, 5) is 33.1. The number of thiophene rings is 1. The first-order valence-corrected chi connectivity index (χ1v) is 5.86. The van der Waals surface area contributed by atoms with Crippen molar-refractivity contribution in [1.82, 2.24) is 0 Å². The Morgan fingerprint density at radius 2 is 2.00 bits per heavy atom. The number of nitrogens with one attached hydrogen (secondary N) is 1. The van der Waals surface area contributed by atoms with Crippen molar-refractivity contribution in [2.24, 2.45) is 0 Å². The second-order valence-corrected chi connectivity index (χ2v) is 5.16. The Morgan fingerprint density at radius 1 is 1.38 bits per heavy atom. The molecule has 0 aliphatic carbocycles. The Kier molecular flexibility index (Phi) is 4.08. The number of carboxylic acids is 1. The summed E-state index contributed by atoms with van der Waals surface area (Å²) >= 11 is 1.83. The fourth-order valence-corrected chi connectivity index (χ4v) is 2.75. The molecular weight excluding hydrogens is 250 g/mol. The van der Waals surface area contributed by atoms with Gasteiger partial charge in [-0.3, -0.25) is 9.59 Å². The predicted octanol–water partition coefficient (Wildman–Crippen LogP) is 2.04. The van der Waals surface area contributed by atoms with Crippen molar-refractivity contribution >= 4 is 45.1 Å². The first-order valence-electron chi connectivity index (χ1n) is 4.23. The fraction of sp³-hybridized carbons (Fsp3) is 0.222. The van der Waals surface area contributed by atoms with Gasteiger partial charge in [0, 0.05) is 13.8 Å². The van der Waals surface area contributed by atoms with Crippen LogP contribution in [0.2, 0.25) is 0 Å². The van der Waals surface area contributed by atoms with Crippen molar-refractivity contribution in [2.45, 2.75) is 18.7 Å². The number of hydrogen-bond donors (Lipinski definition) is 2. The second-order valence-electron chi connectivity index (χ2n) is 2.88. The van der Waals surface area contributed by atoms with Crippen LogP contribution in [0.4, 0.5) is 5.00 Å². The summed E-state index contributed by atoms with van der Waals surface area (Å²) in [5.74, 6) is -1.38. The van der Waals surface area contributed by atoms with Gasteiger partial charge in [0.1, 0.15) is 9.88 Å². The van der Waals surface area contributed by atoms with E-state index in [1.807, 2.05) is 0 Å². The number of thioether (sulfide) groups is 1. The zero-order chi connectivity index (χ0) is 12.3. The average Bonchev–Trinajstić information content (AvgIpc) is 2.46. The lowest BCUT2D eigenvalue weighted by atomic mass is 10.4. The minimum atomic E-state index is -1.08. The number of carboxylic acid groups (broad SMARTS) is 1. The number of hydrogen-bond acceptors (Lipinski definition) is 5. The molecule has 1 aromatic heterocycles. The summed E-state index contributed by atoms with van der Waals surface area (Å²) in [6.45, 7) is 2.70. The Morgan fingerprint density at radius 3 is 2.44 bits per heavy atom. The summed E-state index contributed by atoms with van der Waals surface area (Å²) in [7, 11) is 0. The zero-order valence-corrected chi connectivity index (χ0v) is 10.2. The van der Waals surface area contributed by atoms with E-state index in [1.54, 1.807) is 0 Å². The molecule has 1 aromatic rings. The molecule has 86 valence electrons. The highest BCUT2D eigenvalue weighted by molar-refractivity contribution is 8.13. The molecule has 1 heterocycles. The molecule has 0 atom stereocenters. The van der Waals surface area contributed by atoms with E-state index in [0.717, 1.165) is 23.1 Å². The quantitative estimate of drug-likeness (QED) is 0.811. The molecule has 5 nitrogen and oxygen atoms in total. The van der Waals surface area contributed by atoms with Gasteiger partial charge < -0.3 is 10.4 Å². The molecule has 0 aromatic carbocycles. The fourth-order valence-electron chi connectivity index (χ4n) is 0.957. The van der Waals surface area contributed by atoms with Crippen LogP contribution in [0.5, 0.6) is 0 Å². The van der Waals surface area contributed by atoms with Gasteiger partial charge in [0.2, 0.25) is 5.91 Å². The molecule has 0 saturated carbocycles. The molecule has 0 bridgehead atoms. The second kappa shape index (κ2) is 5.13. The van der Waals surface area contributed by atoms with Crippen molar-refractivity contribution in [2.75, 3.05) is 5.32 Å². The third-order valence-corrected chi connectivity index (χ3v) is 3.45. The van der Waals surface area contributed by atoms with Gasteiger partial charge in [0.05, 0.1) is 4.90 Å². The monoisotopic (exact) mass is 259 g/mol. The van der Waals surface area contributed by atoms with Crippen molar-refractivity contribution in [3.05, 3.63) is 10.9 Å². The molecule has 0 radical (unpaired) electrons. The zero-order valence-electron chi connectivity index (χ0n) is 8.57. The molecule has 0 aliphatic rings. The van der Waals surface area contributed by atoms with E-state index < -0.39 is 5.97 Å². The van der Waals surface area contributed by atoms with Crippen molar-refractivity contribution in [3.8, 4) is 0 Å². The highest BCUT2D eigenvalue weighted by atomic mass is 32.2. The van der Waals surface area contributed by atoms with E-state index in [4.69, 9.17) is 5.11 Å². The minimum Gasteiger partial charge on any atom is -0.477 e. The third-order valence-electron chi connectivity index (χ3n) is 1.45. The minimum absolute atomic E-state index is 0.0903. The van der Waals surface area contributed by atoms with Gasteiger partial charge in [0.15, 0.2) is 5.12 Å². The van der Waals surface area contributed by atoms with E-state index in [9.17, 15) is 14.4 Å². The first kappa shape index (κ1) is 12.7. The largest absolute Gasteiger partial charge is 0.477 e. The molecule has 0 fully saturated rings. The molecule has 7 heteroatoms. The molecule has 1 amide bonds. The van der Waals surface area contributed by atoms with E-state index in [-0.39, 0.29) is 15.9 Å². The van der Waals surface area contributed by atoms with Crippen molar-refractivity contribution in [3.63, 3.8) is 0 Å². The average molecular weight is 259 g/mol. The summed E-state index contributed by atoms with van der Waals surface area (Å²) in [6, 6.07) is 1.38. The van der Waals surface area contributed by atoms with Crippen LogP contribution in [0, 0.1) is 0 Å². The first-order chi connectivity index (χ1) is 7.40. The standard InChI is InChI=1S/C9H9NO4S2/c1-4(11)10-8-6(15-5(2)12)3-7(16-8)9(13)14/h3H,1-2H3,(H,10,11)(H,13,14). The molecule has 0 unspecified atom stereocenters. The molecule has 0 spiro atoms. The number of amides is 1. The Labute approximate surface area is 99.8 Å². The maximum absolute atomic E-state index is 10.9. The van der Waals surface area contributed by atoms with Crippen LogP contribution in [-0.4, -0.2) is 22.1 Å². The molecule has 16 heavy (non-hydrogen) atoms. The normalized spacial score (nSPS) is 9.88. The third kappa shape index (κ3) is 3.35. The smallest absolute Gasteiger partial charge is 0.345 e. The highest BCUT2D eigenvalue weighted by Crippen LogP contribution is 2.36. The van der Waals surface area contributed by atoms with Gasteiger partial charge in [-0.05, 0) is 17.8 Å². The molecule has 2 N–H and O–H groups in total.